The van der Waals surface area contributed by atoms with E-state index in [-0.39, 0.29) is 6.10 Å². The summed E-state index contributed by atoms with van der Waals surface area (Å²) in [4.78, 5) is 2.12. The maximum Gasteiger partial charge on any atom is 0.0791 e. The van der Waals surface area contributed by atoms with Gasteiger partial charge in [0.15, 0.2) is 0 Å². The average molecular weight is 208 g/mol. The predicted molar refractivity (Wildman–Crippen MR) is 62.7 cm³/mol. The minimum atomic E-state index is -0.302. The molecule has 3 heteroatoms. The van der Waals surface area contributed by atoms with Gasteiger partial charge in [-0.15, -0.1) is 0 Å². The number of hydrogen-bond donors (Lipinski definition) is 2. The maximum absolute atomic E-state index is 9.59. The Morgan fingerprint density at radius 2 is 2.00 bits per heavy atom. The van der Waals surface area contributed by atoms with Gasteiger partial charge >= 0.3 is 0 Å². The van der Waals surface area contributed by atoms with E-state index in [1.165, 1.54) is 5.56 Å². The number of likely N-dealkylation sites (N-methyl/N-ethyl adjacent to an activating group) is 2. The third-order valence-corrected chi connectivity index (χ3v) is 2.26. The van der Waals surface area contributed by atoms with E-state index in [4.69, 9.17) is 0 Å². The second-order valence-corrected chi connectivity index (χ2v) is 3.89. The van der Waals surface area contributed by atoms with E-state index < -0.39 is 0 Å². The largest absolute Gasteiger partial charge is 0.390 e. The van der Waals surface area contributed by atoms with Crippen molar-refractivity contribution >= 4 is 0 Å². The molecule has 3 nitrogen and oxygen atoms in total. The van der Waals surface area contributed by atoms with Crippen LogP contribution in [0.1, 0.15) is 5.56 Å². The van der Waals surface area contributed by atoms with Gasteiger partial charge in [0, 0.05) is 19.6 Å². The Kier molecular flexibility index (Phi) is 5.32. The van der Waals surface area contributed by atoms with Gasteiger partial charge in [-0.05, 0) is 19.7 Å². The fourth-order valence-electron chi connectivity index (χ4n) is 1.62. The molecule has 0 amide bonds. The van der Waals surface area contributed by atoms with Crippen molar-refractivity contribution in [3.05, 3.63) is 35.9 Å². The van der Waals surface area contributed by atoms with Crippen LogP contribution in [0.3, 0.4) is 0 Å². The fourth-order valence-corrected chi connectivity index (χ4v) is 1.62. The smallest absolute Gasteiger partial charge is 0.0791 e. The van der Waals surface area contributed by atoms with Crippen LogP contribution in [-0.4, -0.2) is 43.3 Å². The number of hydrogen-bond acceptors (Lipinski definition) is 3. The molecule has 0 aliphatic carbocycles. The van der Waals surface area contributed by atoms with Crippen molar-refractivity contribution in [1.82, 2.24) is 10.2 Å². The highest BCUT2D eigenvalue weighted by Gasteiger charge is 2.06. The Bertz CT molecular complexity index is 264. The van der Waals surface area contributed by atoms with Crippen molar-refractivity contribution in [2.24, 2.45) is 0 Å². The summed E-state index contributed by atoms with van der Waals surface area (Å²) in [5, 5.41) is 12.6. The summed E-state index contributed by atoms with van der Waals surface area (Å²) < 4.78 is 0. The van der Waals surface area contributed by atoms with Gasteiger partial charge in [0.25, 0.3) is 0 Å². The zero-order chi connectivity index (χ0) is 11.1. The lowest BCUT2D eigenvalue weighted by Gasteiger charge is -2.20. The molecule has 2 N–H and O–H groups in total. The normalized spacial score (nSPS) is 13.1. The van der Waals surface area contributed by atoms with Gasteiger partial charge in [-0.1, -0.05) is 30.3 Å². The summed E-state index contributed by atoms with van der Waals surface area (Å²) in [6.07, 6.45) is -0.302. The van der Waals surface area contributed by atoms with Gasteiger partial charge in [-0.3, -0.25) is 4.90 Å². The Morgan fingerprint density at radius 1 is 1.33 bits per heavy atom. The van der Waals surface area contributed by atoms with Crippen LogP contribution in [0.15, 0.2) is 30.3 Å². The topological polar surface area (TPSA) is 35.5 Å². The molecule has 0 heterocycles. The Morgan fingerprint density at radius 3 is 2.60 bits per heavy atom. The van der Waals surface area contributed by atoms with Crippen LogP contribution < -0.4 is 5.32 Å². The minimum Gasteiger partial charge on any atom is -0.390 e. The molecular weight excluding hydrogens is 188 g/mol. The summed E-state index contributed by atoms with van der Waals surface area (Å²) >= 11 is 0. The van der Waals surface area contributed by atoms with Gasteiger partial charge in [0.1, 0.15) is 0 Å². The number of rotatable bonds is 6. The van der Waals surface area contributed by atoms with Crippen molar-refractivity contribution < 1.29 is 5.11 Å². The third-order valence-electron chi connectivity index (χ3n) is 2.26. The minimum absolute atomic E-state index is 0.302. The predicted octanol–water partition coefficient (Wildman–Crippen LogP) is 0.699. The van der Waals surface area contributed by atoms with E-state index >= 15 is 0 Å². The highest BCUT2D eigenvalue weighted by molar-refractivity contribution is 5.14. The molecule has 1 aromatic rings. The number of aliphatic hydroxyl groups is 1. The van der Waals surface area contributed by atoms with Crippen LogP contribution >= 0.6 is 0 Å². The van der Waals surface area contributed by atoms with Crippen LogP contribution in [0.2, 0.25) is 0 Å². The van der Waals surface area contributed by atoms with Crippen LogP contribution in [0.5, 0.6) is 0 Å². The molecule has 0 saturated carbocycles. The first-order valence-electron chi connectivity index (χ1n) is 5.27. The van der Waals surface area contributed by atoms with Gasteiger partial charge in [-0.2, -0.15) is 0 Å². The lowest BCUT2D eigenvalue weighted by atomic mass is 10.2. The van der Waals surface area contributed by atoms with E-state index in [9.17, 15) is 5.11 Å². The van der Waals surface area contributed by atoms with Crippen molar-refractivity contribution in [1.29, 1.82) is 0 Å². The van der Waals surface area contributed by atoms with Gasteiger partial charge in [0.2, 0.25) is 0 Å². The zero-order valence-electron chi connectivity index (χ0n) is 9.48. The molecule has 0 saturated heterocycles. The first-order chi connectivity index (χ1) is 7.22. The van der Waals surface area contributed by atoms with Gasteiger partial charge in [-0.25, -0.2) is 0 Å². The lowest BCUT2D eigenvalue weighted by molar-refractivity contribution is 0.123. The first kappa shape index (κ1) is 12.2. The molecule has 0 aliphatic heterocycles. The van der Waals surface area contributed by atoms with E-state index in [0.29, 0.717) is 13.1 Å². The van der Waals surface area contributed by atoms with Gasteiger partial charge in [0.05, 0.1) is 6.10 Å². The molecule has 0 fully saturated rings. The summed E-state index contributed by atoms with van der Waals surface area (Å²) in [5.74, 6) is 0. The van der Waals surface area contributed by atoms with E-state index in [2.05, 4.69) is 22.3 Å². The zero-order valence-corrected chi connectivity index (χ0v) is 9.48. The summed E-state index contributed by atoms with van der Waals surface area (Å²) in [5.41, 5.74) is 1.27. The van der Waals surface area contributed by atoms with Crippen LogP contribution in [-0.2, 0) is 6.54 Å². The Hall–Kier alpha value is -0.900. The quantitative estimate of drug-likeness (QED) is 0.722. The van der Waals surface area contributed by atoms with E-state index in [0.717, 1.165) is 6.54 Å². The highest BCUT2D eigenvalue weighted by atomic mass is 16.3. The second kappa shape index (κ2) is 6.56. The standard InChI is InChI=1S/C12H20N2O/c1-13-8-12(15)10-14(2)9-11-6-4-3-5-7-11/h3-7,12-13,15H,8-10H2,1-2H3. The monoisotopic (exact) mass is 208 g/mol. The summed E-state index contributed by atoms with van der Waals surface area (Å²) in [7, 11) is 3.87. The molecule has 1 aromatic carbocycles. The Labute approximate surface area is 91.7 Å². The van der Waals surface area contributed by atoms with Crippen LogP contribution in [0.25, 0.3) is 0 Å². The van der Waals surface area contributed by atoms with Crippen molar-refractivity contribution in [2.45, 2.75) is 12.6 Å². The van der Waals surface area contributed by atoms with E-state index in [1.54, 1.807) is 0 Å². The van der Waals surface area contributed by atoms with Crippen molar-refractivity contribution in [3.63, 3.8) is 0 Å². The summed E-state index contributed by atoms with van der Waals surface area (Å²) in [6, 6.07) is 10.3. The molecular formula is C12H20N2O. The Balaban J connectivity index is 2.33. The average Bonchev–Trinajstić information content (AvgIpc) is 2.19. The van der Waals surface area contributed by atoms with E-state index in [1.807, 2.05) is 32.3 Å². The number of aliphatic hydroxyl groups excluding tert-OH is 1. The van der Waals surface area contributed by atoms with Crippen molar-refractivity contribution in [3.8, 4) is 0 Å². The number of nitrogens with zero attached hydrogens (tertiary/aromatic N) is 1. The van der Waals surface area contributed by atoms with Crippen LogP contribution in [0.4, 0.5) is 0 Å². The highest BCUT2D eigenvalue weighted by Crippen LogP contribution is 2.02. The lowest BCUT2D eigenvalue weighted by Crippen LogP contribution is -2.35. The molecule has 84 valence electrons. The molecule has 0 bridgehead atoms. The molecule has 0 spiro atoms. The number of nitrogens with one attached hydrogen (secondary N) is 1. The fraction of sp³-hybridized carbons (Fsp3) is 0.500. The maximum atomic E-state index is 9.59. The first-order valence-corrected chi connectivity index (χ1v) is 5.27. The molecule has 0 aliphatic rings. The summed E-state index contributed by atoms with van der Waals surface area (Å²) in [6.45, 7) is 2.20. The third kappa shape index (κ3) is 4.93. The SMILES string of the molecule is CNCC(O)CN(C)Cc1ccccc1. The molecule has 1 atom stereocenters. The molecule has 1 unspecified atom stereocenters. The molecule has 0 aromatic heterocycles. The number of benzene rings is 1. The molecule has 15 heavy (non-hydrogen) atoms. The molecule has 0 radical (unpaired) electrons. The molecule has 1 rings (SSSR count). The van der Waals surface area contributed by atoms with Gasteiger partial charge < -0.3 is 10.4 Å². The van der Waals surface area contributed by atoms with Crippen molar-refractivity contribution in [2.75, 3.05) is 27.2 Å². The van der Waals surface area contributed by atoms with Crippen LogP contribution in [0, 0.1) is 0 Å². The second-order valence-electron chi connectivity index (χ2n) is 3.89.